The molecular formula is C11H17N3. The van der Waals surface area contributed by atoms with E-state index < -0.39 is 0 Å². The molecule has 3 rings (SSSR count). The van der Waals surface area contributed by atoms with Crippen molar-refractivity contribution in [3.8, 4) is 0 Å². The summed E-state index contributed by atoms with van der Waals surface area (Å²) in [6.07, 6.45) is 6.59. The fourth-order valence-electron chi connectivity index (χ4n) is 2.24. The Morgan fingerprint density at radius 2 is 2.14 bits per heavy atom. The van der Waals surface area contributed by atoms with Gasteiger partial charge >= 0.3 is 0 Å². The maximum atomic E-state index is 4.39. The molecule has 76 valence electrons. The number of piperidine rings is 1. The Kier molecular flexibility index (Phi) is 2.05. The first-order chi connectivity index (χ1) is 6.93. The first-order valence-electron chi connectivity index (χ1n) is 5.72. The largest absolute Gasteiger partial charge is 0.309 e. The molecule has 1 saturated carbocycles. The molecule has 1 unspecified atom stereocenters. The van der Waals surface area contributed by atoms with Crippen LogP contribution in [0.2, 0.25) is 0 Å². The summed E-state index contributed by atoms with van der Waals surface area (Å²) in [7, 11) is 0. The van der Waals surface area contributed by atoms with E-state index in [-0.39, 0.29) is 0 Å². The van der Waals surface area contributed by atoms with Gasteiger partial charge in [0.15, 0.2) is 0 Å². The van der Waals surface area contributed by atoms with Crippen molar-refractivity contribution in [3.05, 3.63) is 17.5 Å². The fraction of sp³-hybridized carbons (Fsp3) is 0.727. The average molecular weight is 191 g/mol. The number of hydrogen-bond acceptors (Lipinski definition) is 2. The molecule has 2 fully saturated rings. The number of nitrogens with zero attached hydrogens (tertiary/aromatic N) is 1. The van der Waals surface area contributed by atoms with Crippen molar-refractivity contribution < 1.29 is 0 Å². The zero-order valence-electron chi connectivity index (χ0n) is 8.42. The van der Waals surface area contributed by atoms with Crippen molar-refractivity contribution >= 4 is 0 Å². The number of rotatable bonds is 2. The lowest BCUT2D eigenvalue weighted by atomic mass is 10.0. The van der Waals surface area contributed by atoms with E-state index in [1.54, 1.807) is 0 Å². The minimum absolute atomic E-state index is 0.531. The van der Waals surface area contributed by atoms with Gasteiger partial charge in [-0.25, -0.2) is 0 Å². The number of aromatic amines is 1. The Morgan fingerprint density at radius 3 is 2.86 bits per heavy atom. The molecule has 0 spiro atoms. The third kappa shape index (κ3) is 1.57. The Bertz CT molecular complexity index is 308. The molecule has 1 aromatic heterocycles. The maximum absolute atomic E-state index is 4.39. The van der Waals surface area contributed by atoms with E-state index in [1.807, 2.05) is 0 Å². The van der Waals surface area contributed by atoms with Crippen molar-refractivity contribution in [2.75, 3.05) is 6.54 Å². The summed E-state index contributed by atoms with van der Waals surface area (Å²) < 4.78 is 0. The zero-order valence-corrected chi connectivity index (χ0v) is 8.42. The van der Waals surface area contributed by atoms with Crippen LogP contribution in [0.3, 0.4) is 0 Å². The Balaban J connectivity index is 1.74. The lowest BCUT2D eigenvalue weighted by Gasteiger charge is -2.21. The molecule has 1 atom stereocenters. The predicted octanol–water partition coefficient (Wildman–Crippen LogP) is 2.10. The normalized spacial score (nSPS) is 27.9. The highest BCUT2D eigenvalue weighted by atomic mass is 15.1. The van der Waals surface area contributed by atoms with E-state index in [9.17, 15) is 0 Å². The summed E-state index contributed by atoms with van der Waals surface area (Å²) in [4.78, 5) is 0. The third-order valence-corrected chi connectivity index (χ3v) is 3.30. The van der Waals surface area contributed by atoms with E-state index in [1.165, 1.54) is 43.5 Å². The van der Waals surface area contributed by atoms with Gasteiger partial charge in [-0.05, 0) is 38.3 Å². The highest BCUT2D eigenvalue weighted by Crippen LogP contribution is 2.39. The number of H-pyrrole nitrogens is 1. The molecule has 0 radical (unpaired) electrons. The van der Waals surface area contributed by atoms with Crippen LogP contribution in [0.4, 0.5) is 0 Å². The second kappa shape index (κ2) is 3.39. The van der Waals surface area contributed by atoms with Crippen LogP contribution < -0.4 is 5.32 Å². The van der Waals surface area contributed by atoms with Crippen LogP contribution in [0, 0.1) is 0 Å². The molecule has 0 amide bonds. The molecule has 2 N–H and O–H groups in total. The van der Waals surface area contributed by atoms with E-state index in [0.717, 1.165) is 12.5 Å². The quantitative estimate of drug-likeness (QED) is 0.751. The van der Waals surface area contributed by atoms with Crippen molar-refractivity contribution in [2.24, 2.45) is 0 Å². The Morgan fingerprint density at radius 1 is 1.21 bits per heavy atom. The smallest absolute Gasteiger partial charge is 0.0656 e. The molecule has 3 nitrogen and oxygen atoms in total. The first kappa shape index (κ1) is 8.48. The van der Waals surface area contributed by atoms with E-state index in [4.69, 9.17) is 0 Å². The summed E-state index contributed by atoms with van der Waals surface area (Å²) in [6.45, 7) is 1.16. The minimum atomic E-state index is 0.531. The zero-order chi connectivity index (χ0) is 9.38. The summed E-state index contributed by atoms with van der Waals surface area (Å²) in [5.41, 5.74) is 2.58. The van der Waals surface area contributed by atoms with E-state index >= 15 is 0 Å². The summed E-state index contributed by atoms with van der Waals surface area (Å²) in [5.74, 6) is 0.767. The average Bonchev–Trinajstić information content (AvgIpc) is 2.98. The van der Waals surface area contributed by atoms with E-state index in [0.29, 0.717) is 6.04 Å². The van der Waals surface area contributed by atoms with Gasteiger partial charge in [-0.2, -0.15) is 5.10 Å². The fourth-order valence-corrected chi connectivity index (χ4v) is 2.24. The van der Waals surface area contributed by atoms with Crippen LogP contribution in [0.25, 0.3) is 0 Å². The summed E-state index contributed by atoms with van der Waals surface area (Å²) in [5, 5.41) is 11.1. The molecular weight excluding hydrogens is 174 g/mol. The molecule has 1 aliphatic carbocycles. The van der Waals surface area contributed by atoms with Crippen molar-refractivity contribution in [3.63, 3.8) is 0 Å². The van der Waals surface area contributed by atoms with Gasteiger partial charge in [-0.3, -0.25) is 5.10 Å². The molecule has 3 heteroatoms. The van der Waals surface area contributed by atoms with Gasteiger partial charge in [0.25, 0.3) is 0 Å². The topological polar surface area (TPSA) is 40.7 Å². The Labute approximate surface area is 84.3 Å². The van der Waals surface area contributed by atoms with Crippen molar-refractivity contribution in [1.82, 2.24) is 15.5 Å². The molecule has 0 aromatic carbocycles. The second-order valence-corrected chi connectivity index (χ2v) is 4.52. The monoisotopic (exact) mass is 191 g/mol. The molecule has 1 saturated heterocycles. The van der Waals surface area contributed by atoms with E-state index in [2.05, 4.69) is 21.6 Å². The maximum Gasteiger partial charge on any atom is 0.0656 e. The van der Waals surface area contributed by atoms with Gasteiger partial charge in [0.05, 0.1) is 11.4 Å². The van der Waals surface area contributed by atoms with Crippen LogP contribution >= 0.6 is 0 Å². The van der Waals surface area contributed by atoms with Gasteiger partial charge in [0.2, 0.25) is 0 Å². The molecule has 1 aliphatic heterocycles. The van der Waals surface area contributed by atoms with Crippen molar-refractivity contribution in [1.29, 1.82) is 0 Å². The lowest BCUT2D eigenvalue weighted by molar-refractivity contribution is 0.405. The Hall–Kier alpha value is -0.830. The second-order valence-electron chi connectivity index (χ2n) is 4.52. The molecule has 1 aromatic rings. The standard InChI is InChI=1S/C11H17N3/c1-2-6-12-9(3-1)11-7-10(13-14-11)8-4-5-8/h7-9,12H,1-6H2,(H,13,14). The van der Waals surface area contributed by atoms with Gasteiger partial charge in [-0.1, -0.05) is 6.42 Å². The lowest BCUT2D eigenvalue weighted by Crippen LogP contribution is -2.26. The third-order valence-electron chi connectivity index (χ3n) is 3.30. The molecule has 2 aliphatic rings. The van der Waals surface area contributed by atoms with Crippen LogP contribution in [0.5, 0.6) is 0 Å². The van der Waals surface area contributed by atoms with Crippen LogP contribution in [-0.4, -0.2) is 16.7 Å². The van der Waals surface area contributed by atoms with Gasteiger partial charge in [0.1, 0.15) is 0 Å². The van der Waals surface area contributed by atoms with Gasteiger partial charge < -0.3 is 5.32 Å². The number of nitrogens with one attached hydrogen (secondary N) is 2. The number of aromatic nitrogens is 2. The predicted molar refractivity (Wildman–Crippen MR) is 55.2 cm³/mol. The highest BCUT2D eigenvalue weighted by Gasteiger charge is 2.27. The summed E-state index contributed by atoms with van der Waals surface area (Å²) >= 11 is 0. The van der Waals surface area contributed by atoms with Crippen LogP contribution in [0.1, 0.15) is 55.5 Å². The minimum Gasteiger partial charge on any atom is -0.309 e. The highest BCUT2D eigenvalue weighted by molar-refractivity contribution is 5.19. The first-order valence-corrected chi connectivity index (χ1v) is 5.72. The molecule has 14 heavy (non-hydrogen) atoms. The van der Waals surface area contributed by atoms with Crippen LogP contribution in [-0.2, 0) is 0 Å². The van der Waals surface area contributed by atoms with Gasteiger partial charge in [-0.15, -0.1) is 0 Å². The van der Waals surface area contributed by atoms with Crippen LogP contribution in [0.15, 0.2) is 6.07 Å². The summed E-state index contributed by atoms with van der Waals surface area (Å²) in [6, 6.07) is 2.80. The van der Waals surface area contributed by atoms with Gasteiger partial charge in [0, 0.05) is 12.0 Å². The molecule has 0 bridgehead atoms. The van der Waals surface area contributed by atoms with Crippen molar-refractivity contribution in [2.45, 2.75) is 44.1 Å². The SMILES string of the molecule is c1c(C2CC2)n[nH]c1C1CCCCN1. The number of hydrogen-bond donors (Lipinski definition) is 2. The molecule has 2 heterocycles.